The van der Waals surface area contributed by atoms with Gasteiger partial charge in [0.1, 0.15) is 11.1 Å². The first-order valence-corrected chi connectivity index (χ1v) is 9.99. The van der Waals surface area contributed by atoms with Crippen molar-refractivity contribution in [3.05, 3.63) is 71.0 Å². The lowest BCUT2D eigenvalue weighted by atomic mass is 10.1. The molecule has 1 atom stereocenters. The highest BCUT2D eigenvalue weighted by molar-refractivity contribution is 8.00. The van der Waals surface area contributed by atoms with Crippen LogP contribution in [0.25, 0.3) is 0 Å². The van der Waals surface area contributed by atoms with Crippen molar-refractivity contribution in [3.63, 3.8) is 0 Å². The Hall–Kier alpha value is -2.60. The van der Waals surface area contributed by atoms with Crippen LogP contribution in [-0.4, -0.2) is 21.1 Å². The average molecular weight is 379 g/mol. The van der Waals surface area contributed by atoms with E-state index in [0.29, 0.717) is 11.1 Å². The molecule has 1 heterocycles. The number of H-pyrrole nitrogens is 1. The SMILES string of the molecule is Cc1cc(C)cc(NC(=O)C(Sc2n[nH]c(C3CC3)n2)c2ccccc2)c1. The minimum Gasteiger partial charge on any atom is -0.325 e. The van der Waals surface area contributed by atoms with Crippen LogP contribution in [0.15, 0.2) is 53.7 Å². The van der Waals surface area contributed by atoms with E-state index in [1.807, 2.05) is 56.3 Å². The molecule has 2 N–H and O–H groups in total. The molecule has 1 aromatic heterocycles. The first-order valence-electron chi connectivity index (χ1n) is 9.11. The number of thioether (sulfide) groups is 1. The molecule has 6 heteroatoms. The van der Waals surface area contributed by atoms with Crippen molar-refractivity contribution in [2.45, 2.75) is 43.0 Å². The van der Waals surface area contributed by atoms with Crippen LogP contribution >= 0.6 is 11.8 Å². The Bertz CT molecular complexity index is 930. The molecule has 0 spiro atoms. The number of nitrogens with one attached hydrogen (secondary N) is 2. The number of hydrogen-bond acceptors (Lipinski definition) is 4. The Balaban J connectivity index is 1.57. The van der Waals surface area contributed by atoms with Gasteiger partial charge in [-0.25, -0.2) is 4.98 Å². The monoisotopic (exact) mass is 378 g/mol. The molecular weight excluding hydrogens is 356 g/mol. The van der Waals surface area contributed by atoms with E-state index >= 15 is 0 Å². The van der Waals surface area contributed by atoms with Crippen molar-refractivity contribution in [2.75, 3.05) is 5.32 Å². The van der Waals surface area contributed by atoms with Crippen molar-refractivity contribution < 1.29 is 4.79 Å². The van der Waals surface area contributed by atoms with Crippen LogP contribution in [-0.2, 0) is 4.79 Å². The largest absolute Gasteiger partial charge is 0.325 e. The van der Waals surface area contributed by atoms with Crippen molar-refractivity contribution in [2.24, 2.45) is 0 Å². The normalized spacial score (nSPS) is 14.7. The number of rotatable bonds is 6. The second kappa shape index (κ2) is 7.56. The van der Waals surface area contributed by atoms with E-state index in [1.54, 1.807) is 0 Å². The number of aryl methyl sites for hydroxylation is 2. The van der Waals surface area contributed by atoms with E-state index < -0.39 is 5.25 Å². The third kappa shape index (κ3) is 4.39. The highest BCUT2D eigenvalue weighted by Crippen LogP contribution is 2.40. The smallest absolute Gasteiger partial charge is 0.242 e. The van der Waals surface area contributed by atoms with Crippen LogP contribution in [0, 0.1) is 13.8 Å². The number of anilines is 1. The number of hydrogen-bond donors (Lipinski definition) is 2. The fourth-order valence-corrected chi connectivity index (χ4v) is 4.03. The Morgan fingerprint density at radius 3 is 2.52 bits per heavy atom. The van der Waals surface area contributed by atoms with Gasteiger partial charge in [0, 0.05) is 11.6 Å². The third-order valence-corrected chi connectivity index (χ3v) is 5.61. The fraction of sp³-hybridized carbons (Fsp3) is 0.286. The van der Waals surface area contributed by atoms with Crippen LogP contribution in [0.3, 0.4) is 0 Å². The van der Waals surface area contributed by atoms with Gasteiger partial charge < -0.3 is 5.32 Å². The van der Waals surface area contributed by atoms with E-state index in [4.69, 9.17) is 0 Å². The summed E-state index contributed by atoms with van der Waals surface area (Å²) in [5.74, 6) is 1.36. The molecule has 1 unspecified atom stereocenters. The highest BCUT2D eigenvalue weighted by Gasteiger charge is 2.29. The first kappa shape index (κ1) is 17.8. The van der Waals surface area contributed by atoms with Gasteiger partial charge in [-0.3, -0.25) is 9.89 Å². The van der Waals surface area contributed by atoms with Crippen LogP contribution < -0.4 is 5.32 Å². The molecule has 1 amide bonds. The molecule has 4 rings (SSSR count). The zero-order valence-electron chi connectivity index (χ0n) is 15.4. The molecule has 1 aliphatic rings. The molecule has 138 valence electrons. The van der Waals surface area contributed by atoms with E-state index in [2.05, 4.69) is 26.6 Å². The molecule has 27 heavy (non-hydrogen) atoms. The van der Waals surface area contributed by atoms with Crippen molar-refractivity contribution >= 4 is 23.4 Å². The predicted octanol–water partition coefficient (Wildman–Crippen LogP) is 4.77. The maximum Gasteiger partial charge on any atom is 0.242 e. The predicted molar refractivity (Wildman–Crippen MR) is 108 cm³/mol. The lowest BCUT2D eigenvalue weighted by Crippen LogP contribution is -2.19. The topological polar surface area (TPSA) is 70.7 Å². The summed E-state index contributed by atoms with van der Waals surface area (Å²) in [4.78, 5) is 17.7. The minimum absolute atomic E-state index is 0.0750. The molecule has 2 aromatic carbocycles. The van der Waals surface area contributed by atoms with Crippen molar-refractivity contribution in [1.29, 1.82) is 0 Å². The quantitative estimate of drug-likeness (QED) is 0.606. The van der Waals surface area contributed by atoms with E-state index in [1.165, 1.54) is 11.8 Å². The standard InChI is InChI=1S/C21H22N4OS/c1-13-10-14(2)12-17(11-13)22-20(26)18(15-6-4-3-5-7-15)27-21-23-19(24-25-21)16-8-9-16/h3-7,10-12,16,18H,8-9H2,1-2H3,(H,22,26)(H,23,24,25). The second-order valence-electron chi connectivity index (χ2n) is 7.05. The fourth-order valence-electron chi connectivity index (χ4n) is 3.11. The van der Waals surface area contributed by atoms with Gasteiger partial charge in [0.15, 0.2) is 0 Å². The van der Waals surface area contributed by atoms with Crippen LogP contribution in [0.4, 0.5) is 5.69 Å². The van der Waals surface area contributed by atoms with E-state index in [9.17, 15) is 4.79 Å². The first-order chi connectivity index (χ1) is 13.1. The summed E-state index contributed by atoms with van der Waals surface area (Å²) in [5.41, 5.74) is 3.99. The van der Waals surface area contributed by atoms with Gasteiger partial charge in [0.2, 0.25) is 11.1 Å². The van der Waals surface area contributed by atoms with Gasteiger partial charge >= 0.3 is 0 Å². The zero-order chi connectivity index (χ0) is 18.8. The maximum absolute atomic E-state index is 13.1. The lowest BCUT2D eigenvalue weighted by Gasteiger charge is -2.16. The van der Waals surface area contributed by atoms with Crippen molar-refractivity contribution in [1.82, 2.24) is 15.2 Å². The molecule has 1 aliphatic carbocycles. The number of aromatic nitrogens is 3. The molecule has 1 fully saturated rings. The van der Waals surface area contributed by atoms with Gasteiger partial charge in [0.25, 0.3) is 0 Å². The molecule has 1 saturated carbocycles. The summed E-state index contributed by atoms with van der Waals surface area (Å²) in [6, 6.07) is 15.8. The average Bonchev–Trinajstić information content (AvgIpc) is 3.38. The molecule has 0 radical (unpaired) electrons. The lowest BCUT2D eigenvalue weighted by molar-refractivity contribution is -0.115. The molecule has 0 bridgehead atoms. The summed E-state index contributed by atoms with van der Waals surface area (Å²) >= 11 is 1.38. The van der Waals surface area contributed by atoms with Gasteiger partial charge in [-0.1, -0.05) is 48.2 Å². The highest BCUT2D eigenvalue weighted by atomic mass is 32.2. The Morgan fingerprint density at radius 2 is 1.85 bits per heavy atom. The van der Waals surface area contributed by atoms with Gasteiger partial charge in [-0.15, -0.1) is 5.10 Å². The molecule has 0 saturated heterocycles. The molecule has 0 aliphatic heterocycles. The van der Waals surface area contributed by atoms with Gasteiger partial charge in [0.05, 0.1) is 0 Å². The molecule has 3 aromatic rings. The number of carbonyl (C=O) groups is 1. The van der Waals surface area contributed by atoms with Crippen molar-refractivity contribution in [3.8, 4) is 0 Å². The Labute approximate surface area is 163 Å². The maximum atomic E-state index is 13.1. The third-order valence-electron chi connectivity index (χ3n) is 4.50. The number of nitrogens with zero attached hydrogens (tertiary/aromatic N) is 2. The second-order valence-corrected chi connectivity index (χ2v) is 8.12. The minimum atomic E-state index is -0.421. The van der Waals surface area contributed by atoms with Crippen LogP contribution in [0.5, 0.6) is 0 Å². The molecule has 5 nitrogen and oxygen atoms in total. The van der Waals surface area contributed by atoms with E-state index in [0.717, 1.165) is 41.0 Å². The van der Waals surface area contributed by atoms with E-state index in [-0.39, 0.29) is 5.91 Å². The van der Waals surface area contributed by atoms with Gasteiger partial charge in [-0.2, -0.15) is 0 Å². The zero-order valence-corrected chi connectivity index (χ0v) is 16.2. The summed E-state index contributed by atoms with van der Waals surface area (Å²) in [6.45, 7) is 4.05. The number of carbonyl (C=O) groups excluding carboxylic acids is 1. The summed E-state index contributed by atoms with van der Waals surface area (Å²) in [5, 5.41) is 10.6. The number of benzene rings is 2. The summed E-state index contributed by atoms with van der Waals surface area (Å²) < 4.78 is 0. The molecular formula is C21H22N4OS. The number of amides is 1. The van der Waals surface area contributed by atoms with Gasteiger partial charge in [-0.05, 0) is 55.5 Å². The summed E-state index contributed by atoms with van der Waals surface area (Å²) in [7, 11) is 0. The summed E-state index contributed by atoms with van der Waals surface area (Å²) in [6.07, 6.45) is 2.32. The Morgan fingerprint density at radius 1 is 1.15 bits per heavy atom. The Kier molecular flexibility index (Phi) is 4.99. The van der Waals surface area contributed by atoms with Crippen LogP contribution in [0.1, 0.15) is 46.5 Å². The number of aromatic amines is 1. The van der Waals surface area contributed by atoms with Crippen LogP contribution in [0.2, 0.25) is 0 Å².